The van der Waals surface area contributed by atoms with Crippen LogP contribution in [0.2, 0.25) is 0 Å². The first-order chi connectivity index (χ1) is 5.75. The predicted octanol–water partition coefficient (Wildman–Crippen LogP) is 0.765. The summed E-state index contributed by atoms with van der Waals surface area (Å²) in [7, 11) is 1.78. The molecule has 1 fully saturated rings. The molecule has 4 heteroatoms. The Labute approximate surface area is 70.8 Å². The zero-order valence-electron chi connectivity index (χ0n) is 7.13. The van der Waals surface area contributed by atoms with E-state index in [4.69, 9.17) is 0 Å². The monoisotopic (exact) mass is 169 g/mol. The molecule has 1 aromatic heterocycles. The second-order valence-corrected chi connectivity index (χ2v) is 3.21. The number of halogens is 1. The maximum atomic E-state index is 12.6. The van der Waals surface area contributed by atoms with E-state index in [9.17, 15) is 4.39 Å². The second kappa shape index (κ2) is 2.86. The highest BCUT2D eigenvalue weighted by Crippen LogP contribution is 2.11. The van der Waals surface area contributed by atoms with Crippen molar-refractivity contribution in [3.63, 3.8) is 0 Å². The van der Waals surface area contributed by atoms with Crippen LogP contribution in [0.4, 0.5) is 4.39 Å². The highest BCUT2D eigenvalue weighted by Gasteiger charge is 2.16. The lowest BCUT2D eigenvalue weighted by atomic mass is 10.2. The molecule has 0 unspecified atom stereocenters. The smallest absolute Gasteiger partial charge is 0.232 e. The van der Waals surface area contributed by atoms with Gasteiger partial charge in [0.05, 0.1) is 5.69 Å². The lowest BCUT2D eigenvalue weighted by Crippen LogP contribution is -2.36. The van der Waals surface area contributed by atoms with Gasteiger partial charge in [-0.1, -0.05) is 0 Å². The first-order valence-electron chi connectivity index (χ1n) is 4.16. The Balaban J connectivity index is 2.05. The predicted molar refractivity (Wildman–Crippen MR) is 43.1 cm³/mol. The molecule has 0 aromatic carbocycles. The van der Waals surface area contributed by atoms with Crippen LogP contribution in [0.3, 0.4) is 0 Å². The third kappa shape index (κ3) is 1.34. The van der Waals surface area contributed by atoms with Gasteiger partial charge in [-0.15, -0.1) is 5.10 Å². The van der Waals surface area contributed by atoms with Crippen LogP contribution >= 0.6 is 0 Å². The summed E-state index contributed by atoms with van der Waals surface area (Å²) >= 11 is 0. The molecule has 0 spiro atoms. The Morgan fingerprint density at radius 1 is 1.58 bits per heavy atom. The minimum atomic E-state index is -0.381. The molecule has 1 saturated heterocycles. The molecular formula is C8H12FN3. The van der Waals surface area contributed by atoms with Crippen LogP contribution in [0, 0.1) is 5.95 Å². The number of nitrogens with zero attached hydrogens (tertiary/aromatic N) is 3. The van der Waals surface area contributed by atoms with Gasteiger partial charge in [-0.3, -0.25) is 9.58 Å². The molecule has 0 atom stereocenters. The van der Waals surface area contributed by atoms with Crippen molar-refractivity contribution in [1.82, 2.24) is 14.7 Å². The molecule has 0 N–H and O–H groups in total. The molecule has 1 aromatic rings. The molecule has 0 radical (unpaired) electrons. The van der Waals surface area contributed by atoms with E-state index in [0.29, 0.717) is 0 Å². The lowest BCUT2D eigenvalue weighted by Gasteiger charge is -2.30. The van der Waals surface area contributed by atoms with Crippen LogP contribution in [-0.4, -0.2) is 27.8 Å². The summed E-state index contributed by atoms with van der Waals surface area (Å²) in [6.45, 7) is 3.09. The maximum Gasteiger partial charge on any atom is 0.232 e. The molecule has 0 bridgehead atoms. The van der Waals surface area contributed by atoms with Crippen molar-refractivity contribution in [3.8, 4) is 0 Å². The number of aromatic nitrogens is 2. The Bertz CT molecular complexity index is 278. The summed E-state index contributed by atoms with van der Waals surface area (Å²) in [5, 5.41) is 3.65. The minimum Gasteiger partial charge on any atom is -0.297 e. The Hall–Kier alpha value is -0.900. The minimum absolute atomic E-state index is 0.381. The van der Waals surface area contributed by atoms with Crippen LogP contribution in [0.5, 0.6) is 0 Å². The Morgan fingerprint density at radius 2 is 2.33 bits per heavy atom. The summed E-state index contributed by atoms with van der Waals surface area (Å²) in [5.41, 5.74) is 0.951. The summed E-state index contributed by atoms with van der Waals surface area (Å²) in [4.78, 5) is 2.27. The number of hydrogen-bond donors (Lipinski definition) is 0. The van der Waals surface area contributed by atoms with Crippen LogP contribution in [-0.2, 0) is 13.6 Å². The number of rotatable bonds is 2. The molecule has 12 heavy (non-hydrogen) atoms. The topological polar surface area (TPSA) is 21.1 Å². The number of hydrogen-bond acceptors (Lipinski definition) is 2. The van der Waals surface area contributed by atoms with Crippen LogP contribution < -0.4 is 0 Å². The summed E-state index contributed by atoms with van der Waals surface area (Å²) < 4.78 is 14.2. The van der Waals surface area contributed by atoms with Gasteiger partial charge in [0.2, 0.25) is 5.95 Å². The van der Waals surface area contributed by atoms with E-state index in [1.54, 1.807) is 11.7 Å². The SMILES string of the molecule is Cn1nc(F)cc1CN1CCC1. The van der Waals surface area contributed by atoms with E-state index in [-0.39, 0.29) is 5.95 Å². The molecule has 0 saturated carbocycles. The van der Waals surface area contributed by atoms with E-state index < -0.39 is 0 Å². The average molecular weight is 169 g/mol. The van der Waals surface area contributed by atoms with Crippen molar-refractivity contribution >= 4 is 0 Å². The lowest BCUT2D eigenvalue weighted by molar-refractivity contribution is 0.168. The molecule has 1 aliphatic rings. The maximum absolute atomic E-state index is 12.6. The fourth-order valence-electron chi connectivity index (χ4n) is 1.38. The van der Waals surface area contributed by atoms with Gasteiger partial charge in [0.25, 0.3) is 0 Å². The van der Waals surface area contributed by atoms with Crippen molar-refractivity contribution in [1.29, 1.82) is 0 Å². The van der Waals surface area contributed by atoms with Crippen molar-refractivity contribution in [2.75, 3.05) is 13.1 Å². The highest BCUT2D eigenvalue weighted by atomic mass is 19.1. The summed E-state index contributed by atoms with van der Waals surface area (Å²) in [5.74, 6) is -0.381. The average Bonchev–Trinajstić information content (AvgIpc) is 2.21. The third-order valence-electron chi connectivity index (χ3n) is 2.28. The molecule has 2 rings (SSSR count). The largest absolute Gasteiger partial charge is 0.297 e. The van der Waals surface area contributed by atoms with Crippen molar-refractivity contribution in [2.45, 2.75) is 13.0 Å². The summed E-state index contributed by atoms with van der Waals surface area (Å²) in [6.07, 6.45) is 1.26. The van der Waals surface area contributed by atoms with Gasteiger partial charge in [0.1, 0.15) is 0 Å². The van der Waals surface area contributed by atoms with E-state index in [0.717, 1.165) is 25.3 Å². The van der Waals surface area contributed by atoms with Crippen LogP contribution in [0.25, 0.3) is 0 Å². The summed E-state index contributed by atoms with van der Waals surface area (Å²) in [6, 6.07) is 1.50. The molecule has 66 valence electrons. The van der Waals surface area contributed by atoms with Gasteiger partial charge >= 0.3 is 0 Å². The Kier molecular flexibility index (Phi) is 1.84. The second-order valence-electron chi connectivity index (χ2n) is 3.21. The highest BCUT2D eigenvalue weighted by molar-refractivity contribution is 5.02. The fourth-order valence-corrected chi connectivity index (χ4v) is 1.38. The van der Waals surface area contributed by atoms with E-state index >= 15 is 0 Å². The van der Waals surface area contributed by atoms with Crippen molar-refractivity contribution < 1.29 is 4.39 Å². The normalized spacial score (nSPS) is 17.8. The zero-order valence-corrected chi connectivity index (χ0v) is 7.13. The molecule has 0 amide bonds. The number of likely N-dealkylation sites (tertiary alicyclic amines) is 1. The fraction of sp³-hybridized carbons (Fsp3) is 0.625. The first kappa shape index (κ1) is 7.73. The van der Waals surface area contributed by atoms with Crippen molar-refractivity contribution in [3.05, 3.63) is 17.7 Å². The molecular weight excluding hydrogens is 157 g/mol. The van der Waals surface area contributed by atoms with Crippen molar-refractivity contribution in [2.24, 2.45) is 7.05 Å². The molecule has 0 aliphatic carbocycles. The van der Waals surface area contributed by atoms with Crippen LogP contribution in [0.1, 0.15) is 12.1 Å². The Morgan fingerprint density at radius 3 is 2.75 bits per heavy atom. The van der Waals surface area contributed by atoms with Gasteiger partial charge < -0.3 is 0 Å². The van der Waals surface area contributed by atoms with Gasteiger partial charge in [0, 0.05) is 19.7 Å². The van der Waals surface area contributed by atoms with E-state index in [1.165, 1.54) is 12.5 Å². The van der Waals surface area contributed by atoms with Gasteiger partial charge in [-0.2, -0.15) is 4.39 Å². The molecule has 3 nitrogen and oxygen atoms in total. The van der Waals surface area contributed by atoms with E-state index in [1.807, 2.05) is 0 Å². The molecule has 1 aliphatic heterocycles. The van der Waals surface area contributed by atoms with Gasteiger partial charge in [-0.05, 0) is 19.5 Å². The third-order valence-corrected chi connectivity index (χ3v) is 2.28. The van der Waals surface area contributed by atoms with Gasteiger partial charge in [-0.25, -0.2) is 0 Å². The first-order valence-corrected chi connectivity index (χ1v) is 4.16. The number of aryl methyl sites for hydroxylation is 1. The quantitative estimate of drug-likeness (QED) is 0.652. The molecule has 2 heterocycles. The standard InChI is InChI=1S/C8H12FN3/c1-11-7(5-8(9)10-11)6-12-3-2-4-12/h5H,2-4,6H2,1H3. The van der Waals surface area contributed by atoms with Crippen LogP contribution in [0.15, 0.2) is 6.07 Å². The van der Waals surface area contributed by atoms with Gasteiger partial charge in [0.15, 0.2) is 0 Å². The van der Waals surface area contributed by atoms with E-state index in [2.05, 4.69) is 10.00 Å². The zero-order chi connectivity index (χ0) is 8.55.